The first-order chi connectivity index (χ1) is 13.6. The van der Waals surface area contributed by atoms with Crippen LogP contribution in [0, 0.1) is 11.8 Å². The SMILES string of the molecule is C[C@@H]1C[C@@H]1C(=O)N1CCN(Cc2nc3scc(-c4cccs4)c3c(=O)[nH]2)CC1. The van der Waals surface area contributed by atoms with Gasteiger partial charge in [-0.2, -0.15) is 0 Å². The average molecular weight is 415 g/mol. The smallest absolute Gasteiger partial charge is 0.260 e. The van der Waals surface area contributed by atoms with Crippen molar-refractivity contribution in [3.8, 4) is 10.4 Å². The summed E-state index contributed by atoms with van der Waals surface area (Å²) < 4.78 is 0. The highest BCUT2D eigenvalue weighted by atomic mass is 32.1. The largest absolute Gasteiger partial charge is 0.340 e. The number of carbonyl (C=O) groups excluding carboxylic acids is 1. The molecule has 0 aromatic carbocycles. The zero-order valence-corrected chi connectivity index (χ0v) is 17.3. The van der Waals surface area contributed by atoms with Gasteiger partial charge in [-0.25, -0.2) is 4.98 Å². The van der Waals surface area contributed by atoms with Crippen molar-refractivity contribution in [1.29, 1.82) is 0 Å². The predicted octanol–water partition coefficient (Wildman–Crippen LogP) is 3.01. The molecule has 1 saturated heterocycles. The molecule has 6 nitrogen and oxygen atoms in total. The molecule has 0 radical (unpaired) electrons. The first-order valence-electron chi connectivity index (χ1n) is 9.65. The summed E-state index contributed by atoms with van der Waals surface area (Å²) in [6, 6.07) is 4.02. The highest BCUT2D eigenvalue weighted by Gasteiger charge is 2.41. The highest BCUT2D eigenvalue weighted by molar-refractivity contribution is 7.18. The van der Waals surface area contributed by atoms with Crippen molar-refractivity contribution in [2.24, 2.45) is 11.8 Å². The third-order valence-electron chi connectivity index (χ3n) is 5.76. The number of amides is 1. The monoisotopic (exact) mass is 414 g/mol. The van der Waals surface area contributed by atoms with E-state index in [1.807, 2.05) is 27.8 Å². The first kappa shape index (κ1) is 18.0. The second-order valence-corrected chi connectivity index (χ2v) is 9.55. The van der Waals surface area contributed by atoms with Crippen LogP contribution in [0.5, 0.6) is 0 Å². The molecule has 1 aliphatic carbocycles. The fourth-order valence-electron chi connectivity index (χ4n) is 3.92. The standard InChI is InChI=1S/C20H22N4O2S2/c1-12-9-13(12)20(26)24-6-4-23(5-7-24)10-16-21-18(25)17-14(11-28-19(17)22-16)15-3-2-8-27-15/h2-3,8,11-13H,4-7,9-10H2,1H3,(H,21,22,25)/t12-,13+/m1/s1. The molecule has 2 aliphatic rings. The minimum absolute atomic E-state index is 0.0683. The summed E-state index contributed by atoms with van der Waals surface area (Å²) in [6.45, 7) is 5.91. The van der Waals surface area contributed by atoms with E-state index in [2.05, 4.69) is 16.8 Å². The van der Waals surface area contributed by atoms with Gasteiger partial charge in [-0.1, -0.05) is 13.0 Å². The van der Waals surface area contributed by atoms with Crippen molar-refractivity contribution in [1.82, 2.24) is 19.8 Å². The zero-order chi connectivity index (χ0) is 19.3. The summed E-state index contributed by atoms with van der Waals surface area (Å²) in [4.78, 5) is 38.9. The third-order valence-corrected chi connectivity index (χ3v) is 7.54. The summed E-state index contributed by atoms with van der Waals surface area (Å²) in [5.74, 6) is 1.83. The fourth-order valence-corrected chi connectivity index (χ4v) is 5.70. The Hall–Kier alpha value is -2.03. The van der Waals surface area contributed by atoms with Crippen molar-refractivity contribution >= 4 is 38.8 Å². The second kappa shape index (κ2) is 7.09. The Morgan fingerprint density at radius 2 is 2.07 bits per heavy atom. The number of carbonyl (C=O) groups is 1. The summed E-state index contributed by atoms with van der Waals surface area (Å²) >= 11 is 3.15. The maximum Gasteiger partial charge on any atom is 0.260 e. The van der Waals surface area contributed by atoms with Crippen LogP contribution in [0.1, 0.15) is 19.2 Å². The number of aromatic amines is 1. The maximum atomic E-state index is 12.7. The first-order valence-corrected chi connectivity index (χ1v) is 11.4. The van der Waals surface area contributed by atoms with E-state index in [0.717, 1.165) is 47.9 Å². The molecule has 0 unspecified atom stereocenters. The molecule has 146 valence electrons. The van der Waals surface area contributed by atoms with Gasteiger partial charge in [0, 0.05) is 47.9 Å². The van der Waals surface area contributed by atoms with Crippen molar-refractivity contribution in [3.63, 3.8) is 0 Å². The van der Waals surface area contributed by atoms with Crippen LogP contribution in [-0.2, 0) is 11.3 Å². The van der Waals surface area contributed by atoms with Gasteiger partial charge in [-0.3, -0.25) is 14.5 Å². The van der Waals surface area contributed by atoms with Gasteiger partial charge in [-0.15, -0.1) is 22.7 Å². The lowest BCUT2D eigenvalue weighted by atomic mass is 10.2. The molecule has 1 aliphatic heterocycles. The highest BCUT2D eigenvalue weighted by Crippen LogP contribution is 2.39. The molecule has 2 atom stereocenters. The minimum Gasteiger partial charge on any atom is -0.340 e. The van der Waals surface area contributed by atoms with Gasteiger partial charge < -0.3 is 9.88 Å². The van der Waals surface area contributed by atoms with Gasteiger partial charge >= 0.3 is 0 Å². The molecule has 3 aromatic heterocycles. The number of thiophene rings is 2. The van der Waals surface area contributed by atoms with Crippen LogP contribution in [0.3, 0.4) is 0 Å². The average Bonchev–Trinajstić information content (AvgIpc) is 3.09. The molecule has 1 N–H and O–H groups in total. The minimum atomic E-state index is -0.0683. The van der Waals surface area contributed by atoms with Crippen molar-refractivity contribution < 1.29 is 4.79 Å². The van der Waals surface area contributed by atoms with Gasteiger partial charge in [0.2, 0.25) is 5.91 Å². The summed E-state index contributed by atoms with van der Waals surface area (Å²) in [7, 11) is 0. The summed E-state index contributed by atoms with van der Waals surface area (Å²) in [5, 5.41) is 4.72. The molecule has 0 bridgehead atoms. The Kier molecular flexibility index (Phi) is 4.57. The van der Waals surface area contributed by atoms with E-state index in [1.165, 1.54) is 11.3 Å². The number of hydrogen-bond acceptors (Lipinski definition) is 6. The van der Waals surface area contributed by atoms with E-state index >= 15 is 0 Å². The molecular formula is C20H22N4O2S2. The number of nitrogens with one attached hydrogen (secondary N) is 1. The fraction of sp³-hybridized carbons (Fsp3) is 0.450. The zero-order valence-electron chi connectivity index (χ0n) is 15.7. The van der Waals surface area contributed by atoms with E-state index in [9.17, 15) is 9.59 Å². The number of fused-ring (bicyclic) bond motifs is 1. The Morgan fingerprint density at radius 1 is 1.29 bits per heavy atom. The summed E-state index contributed by atoms with van der Waals surface area (Å²) in [6.07, 6.45) is 1.04. The van der Waals surface area contributed by atoms with E-state index in [0.29, 0.717) is 29.6 Å². The van der Waals surface area contributed by atoms with E-state index in [-0.39, 0.29) is 11.5 Å². The van der Waals surface area contributed by atoms with E-state index in [1.54, 1.807) is 11.3 Å². The Labute approximate surface area is 170 Å². The second-order valence-electron chi connectivity index (χ2n) is 7.74. The molecule has 3 aromatic rings. The van der Waals surface area contributed by atoms with Crippen molar-refractivity contribution in [2.75, 3.05) is 26.2 Å². The lowest BCUT2D eigenvalue weighted by molar-refractivity contribution is -0.134. The maximum absolute atomic E-state index is 12.7. The van der Waals surface area contributed by atoms with Crippen LogP contribution in [0.15, 0.2) is 27.7 Å². The van der Waals surface area contributed by atoms with Crippen LogP contribution in [0.25, 0.3) is 20.7 Å². The number of H-pyrrole nitrogens is 1. The van der Waals surface area contributed by atoms with Gasteiger partial charge in [0.1, 0.15) is 10.7 Å². The van der Waals surface area contributed by atoms with Gasteiger partial charge in [0.05, 0.1) is 11.9 Å². The van der Waals surface area contributed by atoms with Crippen LogP contribution in [-0.4, -0.2) is 51.9 Å². The van der Waals surface area contributed by atoms with E-state index in [4.69, 9.17) is 4.98 Å². The topological polar surface area (TPSA) is 69.3 Å². The van der Waals surface area contributed by atoms with Crippen LogP contribution < -0.4 is 5.56 Å². The number of piperazine rings is 1. The number of aromatic nitrogens is 2. The number of rotatable bonds is 4. The molecule has 1 amide bonds. The van der Waals surface area contributed by atoms with Crippen LogP contribution in [0.4, 0.5) is 0 Å². The van der Waals surface area contributed by atoms with Crippen LogP contribution >= 0.6 is 22.7 Å². The van der Waals surface area contributed by atoms with E-state index < -0.39 is 0 Å². The molecular weight excluding hydrogens is 392 g/mol. The predicted molar refractivity (Wildman–Crippen MR) is 113 cm³/mol. The molecule has 2 fully saturated rings. The molecule has 4 heterocycles. The van der Waals surface area contributed by atoms with Crippen LogP contribution in [0.2, 0.25) is 0 Å². The molecule has 0 spiro atoms. The molecule has 28 heavy (non-hydrogen) atoms. The quantitative estimate of drug-likeness (QED) is 0.713. The Balaban J connectivity index is 1.29. The van der Waals surface area contributed by atoms with Crippen molar-refractivity contribution in [2.45, 2.75) is 19.9 Å². The Bertz CT molecular complexity index is 1060. The molecule has 8 heteroatoms. The Morgan fingerprint density at radius 3 is 2.75 bits per heavy atom. The third kappa shape index (κ3) is 3.29. The normalized spacial score (nSPS) is 22.7. The summed E-state index contributed by atoms with van der Waals surface area (Å²) in [5.41, 5.74) is 0.901. The molecule has 1 saturated carbocycles. The van der Waals surface area contributed by atoms with Gasteiger partial charge in [-0.05, 0) is 23.8 Å². The number of nitrogens with zero attached hydrogens (tertiary/aromatic N) is 3. The lowest BCUT2D eigenvalue weighted by Crippen LogP contribution is -2.49. The molecule has 5 rings (SSSR count). The van der Waals surface area contributed by atoms with Gasteiger partial charge in [0.15, 0.2) is 0 Å². The van der Waals surface area contributed by atoms with Crippen molar-refractivity contribution in [3.05, 3.63) is 39.1 Å². The lowest BCUT2D eigenvalue weighted by Gasteiger charge is -2.34. The van der Waals surface area contributed by atoms with Gasteiger partial charge in [0.25, 0.3) is 5.56 Å². The number of hydrogen-bond donors (Lipinski definition) is 1.